The summed E-state index contributed by atoms with van der Waals surface area (Å²) in [6, 6.07) is 8.63. The first-order valence-corrected chi connectivity index (χ1v) is 5.53. The van der Waals surface area contributed by atoms with Crippen molar-refractivity contribution in [2.24, 2.45) is 0 Å². The van der Waals surface area contributed by atoms with Gasteiger partial charge in [0, 0.05) is 23.1 Å². The Hall–Kier alpha value is -1.02. The van der Waals surface area contributed by atoms with E-state index in [0.717, 1.165) is 11.3 Å². The first kappa shape index (κ1) is 7.39. The lowest BCUT2D eigenvalue weighted by Crippen LogP contribution is -1.84. The van der Waals surface area contributed by atoms with Gasteiger partial charge in [-0.2, -0.15) is 11.8 Å². The van der Waals surface area contributed by atoms with Gasteiger partial charge in [0.25, 0.3) is 0 Å². The summed E-state index contributed by atoms with van der Waals surface area (Å²) in [4.78, 5) is 4.35. The molecule has 64 valence electrons. The molecule has 0 radical (unpaired) electrons. The zero-order valence-corrected chi connectivity index (χ0v) is 7.97. The standard InChI is InChI=1S/C11H9NS/c1-2-8-4-9-6-13-7-10(9)5-11(8)12-3-1/h1-5H,6-7H2. The van der Waals surface area contributed by atoms with Crippen molar-refractivity contribution in [1.29, 1.82) is 0 Å². The Morgan fingerprint density at radius 1 is 1.15 bits per heavy atom. The second-order valence-corrected chi connectivity index (χ2v) is 4.30. The number of fused-ring (bicyclic) bond motifs is 2. The number of rotatable bonds is 0. The Bertz CT molecular complexity index is 422. The lowest BCUT2D eigenvalue weighted by molar-refractivity contribution is 1.33. The third kappa shape index (κ3) is 1.13. The molecular weight excluding hydrogens is 178 g/mol. The van der Waals surface area contributed by atoms with Gasteiger partial charge in [0.05, 0.1) is 5.52 Å². The highest BCUT2D eigenvalue weighted by Crippen LogP contribution is 2.32. The molecule has 1 aromatic heterocycles. The zero-order chi connectivity index (χ0) is 8.67. The molecule has 0 N–H and O–H groups in total. The topological polar surface area (TPSA) is 12.9 Å². The molecule has 1 aromatic carbocycles. The quantitative estimate of drug-likeness (QED) is 0.629. The van der Waals surface area contributed by atoms with Gasteiger partial charge in [-0.15, -0.1) is 0 Å². The largest absolute Gasteiger partial charge is 0.256 e. The van der Waals surface area contributed by atoms with E-state index in [0.29, 0.717) is 0 Å². The van der Waals surface area contributed by atoms with Crippen LogP contribution in [0, 0.1) is 0 Å². The predicted molar refractivity (Wildman–Crippen MR) is 56.7 cm³/mol. The van der Waals surface area contributed by atoms with E-state index in [1.165, 1.54) is 22.3 Å². The molecular formula is C11H9NS. The molecule has 2 aromatic rings. The predicted octanol–water partition coefficient (Wildman–Crippen LogP) is 2.98. The van der Waals surface area contributed by atoms with Gasteiger partial charge in [0.15, 0.2) is 0 Å². The van der Waals surface area contributed by atoms with Crippen molar-refractivity contribution in [3.05, 3.63) is 41.6 Å². The van der Waals surface area contributed by atoms with Crippen LogP contribution in [0.3, 0.4) is 0 Å². The van der Waals surface area contributed by atoms with Crippen molar-refractivity contribution in [3.63, 3.8) is 0 Å². The van der Waals surface area contributed by atoms with E-state index < -0.39 is 0 Å². The molecule has 0 saturated heterocycles. The van der Waals surface area contributed by atoms with Gasteiger partial charge >= 0.3 is 0 Å². The van der Waals surface area contributed by atoms with Crippen LogP contribution in [-0.4, -0.2) is 4.98 Å². The number of hydrogen-bond acceptors (Lipinski definition) is 2. The number of benzene rings is 1. The van der Waals surface area contributed by atoms with Gasteiger partial charge < -0.3 is 0 Å². The van der Waals surface area contributed by atoms with Crippen LogP contribution in [0.2, 0.25) is 0 Å². The van der Waals surface area contributed by atoms with Gasteiger partial charge in [-0.25, -0.2) is 0 Å². The van der Waals surface area contributed by atoms with Crippen LogP contribution >= 0.6 is 11.8 Å². The lowest BCUT2D eigenvalue weighted by Gasteiger charge is -2.00. The number of pyridine rings is 1. The van der Waals surface area contributed by atoms with E-state index in [9.17, 15) is 0 Å². The normalized spacial score (nSPS) is 14.8. The molecule has 1 aliphatic rings. The van der Waals surface area contributed by atoms with Gasteiger partial charge in [0.1, 0.15) is 0 Å². The lowest BCUT2D eigenvalue weighted by atomic mass is 10.1. The molecule has 0 saturated carbocycles. The first-order valence-electron chi connectivity index (χ1n) is 4.38. The Morgan fingerprint density at radius 3 is 2.92 bits per heavy atom. The van der Waals surface area contributed by atoms with E-state index in [1.54, 1.807) is 0 Å². The number of thioether (sulfide) groups is 1. The summed E-state index contributed by atoms with van der Waals surface area (Å²) in [6.07, 6.45) is 1.86. The molecule has 13 heavy (non-hydrogen) atoms. The Balaban J connectivity index is 2.36. The maximum absolute atomic E-state index is 4.35. The van der Waals surface area contributed by atoms with E-state index in [-0.39, 0.29) is 0 Å². The van der Waals surface area contributed by atoms with Crippen LogP contribution < -0.4 is 0 Å². The third-order valence-electron chi connectivity index (χ3n) is 2.44. The van der Waals surface area contributed by atoms with Crippen LogP contribution in [-0.2, 0) is 11.5 Å². The highest BCUT2D eigenvalue weighted by atomic mass is 32.2. The van der Waals surface area contributed by atoms with Crippen molar-refractivity contribution < 1.29 is 0 Å². The Labute approximate surface area is 81.2 Å². The summed E-state index contributed by atoms with van der Waals surface area (Å²) < 4.78 is 0. The fraction of sp³-hybridized carbons (Fsp3) is 0.182. The number of hydrogen-bond donors (Lipinski definition) is 0. The monoisotopic (exact) mass is 187 g/mol. The van der Waals surface area contributed by atoms with Crippen molar-refractivity contribution >= 4 is 22.7 Å². The average Bonchev–Trinajstić information content (AvgIpc) is 2.61. The van der Waals surface area contributed by atoms with Crippen molar-refractivity contribution in [2.45, 2.75) is 11.5 Å². The van der Waals surface area contributed by atoms with E-state index >= 15 is 0 Å². The summed E-state index contributed by atoms with van der Waals surface area (Å²) in [5.74, 6) is 2.32. The van der Waals surface area contributed by atoms with Crippen LogP contribution in [0.15, 0.2) is 30.5 Å². The third-order valence-corrected chi connectivity index (χ3v) is 3.47. The minimum absolute atomic E-state index is 1.13. The first-order chi connectivity index (χ1) is 6.43. The molecule has 1 aliphatic heterocycles. The molecule has 2 heteroatoms. The van der Waals surface area contributed by atoms with E-state index in [4.69, 9.17) is 0 Å². The van der Waals surface area contributed by atoms with Gasteiger partial charge in [-0.1, -0.05) is 6.07 Å². The summed E-state index contributed by atoms with van der Waals surface area (Å²) in [5, 5.41) is 1.27. The summed E-state index contributed by atoms with van der Waals surface area (Å²) in [6.45, 7) is 0. The average molecular weight is 187 g/mol. The molecule has 0 bridgehead atoms. The van der Waals surface area contributed by atoms with Crippen LogP contribution in [0.1, 0.15) is 11.1 Å². The maximum Gasteiger partial charge on any atom is 0.0705 e. The summed E-state index contributed by atoms with van der Waals surface area (Å²) in [7, 11) is 0. The SMILES string of the molecule is c1cnc2cc3c(cc2c1)CSC3. The highest BCUT2D eigenvalue weighted by Gasteiger charge is 2.11. The second-order valence-electron chi connectivity index (χ2n) is 3.31. The molecule has 0 spiro atoms. The second kappa shape index (κ2) is 2.74. The zero-order valence-electron chi connectivity index (χ0n) is 7.16. The molecule has 0 amide bonds. The Kier molecular flexibility index (Phi) is 1.56. The van der Waals surface area contributed by atoms with Crippen molar-refractivity contribution in [3.8, 4) is 0 Å². The van der Waals surface area contributed by atoms with Crippen LogP contribution in [0.5, 0.6) is 0 Å². The molecule has 0 fully saturated rings. The van der Waals surface area contributed by atoms with E-state index in [2.05, 4.69) is 23.2 Å². The molecule has 1 nitrogen and oxygen atoms in total. The molecule has 3 rings (SSSR count). The van der Waals surface area contributed by atoms with Crippen molar-refractivity contribution in [2.75, 3.05) is 0 Å². The van der Waals surface area contributed by atoms with Gasteiger partial charge in [0.2, 0.25) is 0 Å². The van der Waals surface area contributed by atoms with Crippen molar-refractivity contribution in [1.82, 2.24) is 4.98 Å². The van der Waals surface area contributed by atoms with E-state index in [1.807, 2.05) is 24.0 Å². The van der Waals surface area contributed by atoms with Gasteiger partial charge in [-0.3, -0.25) is 4.98 Å². The van der Waals surface area contributed by atoms with Crippen LogP contribution in [0.25, 0.3) is 10.9 Å². The van der Waals surface area contributed by atoms with Gasteiger partial charge in [-0.05, 0) is 29.3 Å². The number of aromatic nitrogens is 1. The summed E-state index contributed by atoms with van der Waals surface area (Å²) in [5.41, 5.74) is 4.09. The smallest absolute Gasteiger partial charge is 0.0705 e. The number of nitrogens with zero attached hydrogens (tertiary/aromatic N) is 1. The maximum atomic E-state index is 4.35. The molecule has 2 heterocycles. The highest BCUT2D eigenvalue weighted by molar-refractivity contribution is 7.98. The summed E-state index contributed by atoms with van der Waals surface area (Å²) >= 11 is 1.99. The fourth-order valence-electron chi connectivity index (χ4n) is 1.75. The Morgan fingerprint density at radius 2 is 2.00 bits per heavy atom. The molecule has 0 atom stereocenters. The fourth-order valence-corrected chi connectivity index (χ4v) is 2.83. The molecule has 0 aliphatic carbocycles. The minimum atomic E-state index is 1.13. The molecule has 0 unspecified atom stereocenters. The minimum Gasteiger partial charge on any atom is -0.256 e. The van der Waals surface area contributed by atoms with Crippen LogP contribution in [0.4, 0.5) is 0 Å².